The Morgan fingerprint density at radius 1 is 0.875 bits per heavy atom. The summed E-state index contributed by atoms with van der Waals surface area (Å²) >= 11 is 0. The zero-order valence-corrected chi connectivity index (χ0v) is 15.3. The lowest BCUT2D eigenvalue weighted by Gasteiger charge is -2.21. The van der Waals surface area contributed by atoms with E-state index in [1.165, 1.54) is 11.1 Å². The van der Waals surface area contributed by atoms with Crippen molar-refractivity contribution in [3.63, 3.8) is 0 Å². The van der Waals surface area contributed by atoms with Gasteiger partial charge in [0.15, 0.2) is 5.78 Å². The molecule has 0 aromatic heterocycles. The quantitative estimate of drug-likeness (QED) is 0.512. The molecule has 0 aliphatic heterocycles. The molecule has 0 heterocycles. The number of hydrogen-bond donors (Lipinski definition) is 1. The number of allylic oxidation sites excluding steroid dienone is 2. The van der Waals surface area contributed by atoms with Crippen LogP contribution < -0.4 is 5.32 Å². The van der Waals surface area contributed by atoms with Crippen LogP contribution >= 0.6 is 0 Å². The van der Waals surface area contributed by atoms with Crippen molar-refractivity contribution < 1.29 is 4.79 Å². The number of para-hydroxylation sites is 1. The molecule has 0 spiro atoms. The van der Waals surface area contributed by atoms with E-state index in [2.05, 4.69) is 51.2 Å². The summed E-state index contributed by atoms with van der Waals surface area (Å²) in [4.78, 5) is 12.4. The molecule has 0 amide bonds. The SMILES string of the molecule is CC(=CC(=O)c1ccccc1)Nc1c(C(C)C)cccc1C(C)C. The van der Waals surface area contributed by atoms with Gasteiger partial charge in [-0.3, -0.25) is 4.79 Å². The fourth-order valence-electron chi connectivity index (χ4n) is 2.81. The van der Waals surface area contributed by atoms with Crippen LogP contribution in [0.2, 0.25) is 0 Å². The number of nitrogens with one attached hydrogen (secondary N) is 1. The van der Waals surface area contributed by atoms with Gasteiger partial charge in [-0.05, 0) is 29.9 Å². The average molecular weight is 321 g/mol. The Labute approximate surface area is 145 Å². The van der Waals surface area contributed by atoms with Gasteiger partial charge in [0, 0.05) is 23.0 Å². The minimum absolute atomic E-state index is 0.0220. The molecule has 0 radical (unpaired) electrons. The van der Waals surface area contributed by atoms with E-state index in [1.807, 2.05) is 37.3 Å². The number of carbonyl (C=O) groups excluding carboxylic acids is 1. The molecule has 126 valence electrons. The smallest absolute Gasteiger partial charge is 0.187 e. The minimum Gasteiger partial charge on any atom is -0.359 e. The molecule has 24 heavy (non-hydrogen) atoms. The highest BCUT2D eigenvalue weighted by Crippen LogP contribution is 2.33. The van der Waals surface area contributed by atoms with Crippen LogP contribution in [0.15, 0.2) is 60.3 Å². The van der Waals surface area contributed by atoms with E-state index in [-0.39, 0.29) is 5.78 Å². The van der Waals surface area contributed by atoms with Crippen molar-refractivity contribution >= 4 is 11.5 Å². The van der Waals surface area contributed by atoms with Crippen LogP contribution in [0.3, 0.4) is 0 Å². The fourth-order valence-corrected chi connectivity index (χ4v) is 2.81. The summed E-state index contributed by atoms with van der Waals surface area (Å²) in [6.45, 7) is 10.7. The van der Waals surface area contributed by atoms with Gasteiger partial charge < -0.3 is 5.32 Å². The Bertz CT molecular complexity index is 701. The second-order valence-corrected chi connectivity index (χ2v) is 6.80. The van der Waals surface area contributed by atoms with Crippen molar-refractivity contribution in [1.29, 1.82) is 0 Å². The molecule has 0 fully saturated rings. The highest BCUT2D eigenvalue weighted by Gasteiger charge is 2.14. The summed E-state index contributed by atoms with van der Waals surface area (Å²) in [6.07, 6.45) is 1.68. The van der Waals surface area contributed by atoms with E-state index in [0.717, 1.165) is 11.4 Å². The first-order chi connectivity index (χ1) is 11.4. The van der Waals surface area contributed by atoms with Crippen molar-refractivity contribution in [2.75, 3.05) is 5.32 Å². The normalized spacial score (nSPS) is 11.9. The van der Waals surface area contributed by atoms with Gasteiger partial charge in [-0.15, -0.1) is 0 Å². The van der Waals surface area contributed by atoms with E-state index in [9.17, 15) is 4.79 Å². The molecule has 1 N–H and O–H groups in total. The summed E-state index contributed by atoms with van der Waals surface area (Å²) in [6, 6.07) is 15.8. The minimum atomic E-state index is 0.0220. The van der Waals surface area contributed by atoms with Crippen LogP contribution in [0.25, 0.3) is 0 Å². The average Bonchev–Trinajstić information content (AvgIpc) is 2.55. The molecule has 0 aliphatic rings. The number of hydrogen-bond acceptors (Lipinski definition) is 2. The van der Waals surface area contributed by atoms with Crippen LogP contribution in [0, 0.1) is 0 Å². The van der Waals surface area contributed by atoms with Gasteiger partial charge in [0.05, 0.1) is 0 Å². The Morgan fingerprint density at radius 2 is 1.42 bits per heavy atom. The molecular formula is C22H27NO. The Balaban J connectivity index is 2.33. The maximum absolute atomic E-state index is 12.4. The second-order valence-electron chi connectivity index (χ2n) is 6.80. The zero-order chi connectivity index (χ0) is 17.7. The predicted molar refractivity (Wildman–Crippen MR) is 103 cm³/mol. The molecular weight excluding hydrogens is 294 g/mol. The number of benzene rings is 2. The molecule has 0 saturated heterocycles. The van der Waals surface area contributed by atoms with Gasteiger partial charge in [0.2, 0.25) is 0 Å². The Hall–Kier alpha value is -2.35. The Kier molecular flexibility index (Phi) is 5.97. The third-order valence-corrected chi connectivity index (χ3v) is 4.10. The summed E-state index contributed by atoms with van der Waals surface area (Å²) in [5.74, 6) is 0.862. The third kappa shape index (κ3) is 4.35. The maximum Gasteiger partial charge on any atom is 0.187 e. The monoisotopic (exact) mass is 321 g/mol. The van der Waals surface area contributed by atoms with Gasteiger partial charge in [0.1, 0.15) is 0 Å². The second kappa shape index (κ2) is 7.96. The number of carbonyl (C=O) groups is 1. The van der Waals surface area contributed by atoms with Crippen LogP contribution in [0.5, 0.6) is 0 Å². The number of anilines is 1. The highest BCUT2D eigenvalue weighted by molar-refractivity contribution is 6.05. The molecule has 2 rings (SSSR count). The van der Waals surface area contributed by atoms with E-state index in [1.54, 1.807) is 6.08 Å². The first-order valence-corrected chi connectivity index (χ1v) is 8.57. The summed E-state index contributed by atoms with van der Waals surface area (Å²) in [7, 11) is 0. The Morgan fingerprint density at radius 3 is 1.92 bits per heavy atom. The molecule has 0 bridgehead atoms. The van der Waals surface area contributed by atoms with Crippen LogP contribution in [-0.4, -0.2) is 5.78 Å². The van der Waals surface area contributed by atoms with Crippen LogP contribution in [-0.2, 0) is 0 Å². The molecule has 0 saturated carbocycles. The third-order valence-electron chi connectivity index (χ3n) is 4.10. The topological polar surface area (TPSA) is 29.1 Å². The van der Waals surface area contributed by atoms with E-state index >= 15 is 0 Å². The van der Waals surface area contributed by atoms with Crippen LogP contribution in [0.1, 0.15) is 67.9 Å². The molecule has 2 aromatic rings. The zero-order valence-electron chi connectivity index (χ0n) is 15.3. The lowest BCUT2D eigenvalue weighted by atomic mass is 9.92. The van der Waals surface area contributed by atoms with Crippen LogP contribution in [0.4, 0.5) is 5.69 Å². The molecule has 0 unspecified atom stereocenters. The lowest BCUT2D eigenvalue weighted by Crippen LogP contribution is -2.07. The van der Waals surface area contributed by atoms with Crippen molar-refractivity contribution in [2.24, 2.45) is 0 Å². The van der Waals surface area contributed by atoms with Gasteiger partial charge >= 0.3 is 0 Å². The number of rotatable bonds is 6. The first kappa shape index (κ1) is 18.0. The summed E-state index contributed by atoms with van der Waals surface area (Å²) in [5.41, 5.74) is 5.26. The van der Waals surface area contributed by atoms with E-state index < -0.39 is 0 Å². The molecule has 0 atom stereocenters. The largest absolute Gasteiger partial charge is 0.359 e. The molecule has 2 aromatic carbocycles. The van der Waals surface area contributed by atoms with Crippen molar-refractivity contribution in [3.05, 3.63) is 77.0 Å². The lowest BCUT2D eigenvalue weighted by molar-refractivity contribution is 0.104. The fraction of sp³-hybridized carbons (Fsp3) is 0.318. The molecule has 0 aliphatic carbocycles. The summed E-state index contributed by atoms with van der Waals surface area (Å²) in [5, 5.41) is 3.48. The standard InChI is InChI=1S/C22H27NO/c1-15(2)19-12-9-13-20(16(3)4)22(19)23-17(5)14-21(24)18-10-7-6-8-11-18/h6-16,23H,1-5H3. The molecule has 2 heteroatoms. The van der Waals surface area contributed by atoms with Gasteiger partial charge in [0.25, 0.3) is 0 Å². The highest BCUT2D eigenvalue weighted by atomic mass is 16.1. The summed E-state index contributed by atoms with van der Waals surface area (Å²) < 4.78 is 0. The van der Waals surface area contributed by atoms with E-state index in [0.29, 0.717) is 17.4 Å². The predicted octanol–water partition coefficient (Wildman–Crippen LogP) is 6.13. The maximum atomic E-state index is 12.4. The van der Waals surface area contributed by atoms with Gasteiger partial charge in [-0.2, -0.15) is 0 Å². The first-order valence-electron chi connectivity index (χ1n) is 8.57. The van der Waals surface area contributed by atoms with Gasteiger partial charge in [-0.1, -0.05) is 76.2 Å². The number of ketones is 1. The van der Waals surface area contributed by atoms with E-state index in [4.69, 9.17) is 0 Å². The molecule has 2 nitrogen and oxygen atoms in total. The van der Waals surface area contributed by atoms with Gasteiger partial charge in [-0.25, -0.2) is 0 Å². The van der Waals surface area contributed by atoms with Crippen molar-refractivity contribution in [1.82, 2.24) is 0 Å². The van der Waals surface area contributed by atoms with Crippen molar-refractivity contribution in [3.8, 4) is 0 Å². The van der Waals surface area contributed by atoms with Crippen molar-refractivity contribution in [2.45, 2.75) is 46.5 Å².